The molecule has 0 radical (unpaired) electrons. The maximum atomic E-state index is 12.9. The highest BCUT2D eigenvalue weighted by Gasteiger charge is 2.23. The van der Waals surface area contributed by atoms with Crippen molar-refractivity contribution in [3.05, 3.63) is 76.2 Å². The summed E-state index contributed by atoms with van der Waals surface area (Å²) in [6, 6.07) is 17.6. The van der Waals surface area contributed by atoms with Gasteiger partial charge in [0, 0.05) is 18.0 Å². The molecule has 3 aromatic rings. The van der Waals surface area contributed by atoms with Gasteiger partial charge in [-0.3, -0.25) is 14.5 Å². The van der Waals surface area contributed by atoms with Crippen molar-refractivity contribution < 1.29 is 4.79 Å². The number of aromatic nitrogens is 2. The molecule has 0 aliphatic carbocycles. The van der Waals surface area contributed by atoms with Gasteiger partial charge in [0.1, 0.15) is 0 Å². The molecule has 0 saturated carbocycles. The van der Waals surface area contributed by atoms with Gasteiger partial charge in [-0.2, -0.15) is 5.10 Å². The topological polar surface area (TPSA) is 67.2 Å². The molecule has 4 rings (SSSR count). The molecule has 2 heterocycles. The molecule has 2 aromatic carbocycles. The van der Waals surface area contributed by atoms with Crippen LogP contribution < -0.4 is 10.9 Å². The fraction of sp³-hybridized carbons (Fsp3) is 0.375. The third-order valence-corrected chi connectivity index (χ3v) is 5.89. The quantitative estimate of drug-likeness (QED) is 0.657. The van der Waals surface area contributed by atoms with Crippen molar-refractivity contribution in [3.63, 3.8) is 0 Å². The number of fused-ring (bicyclic) bond motifs is 1. The molecule has 0 unspecified atom stereocenters. The Kier molecular flexibility index (Phi) is 6.23. The van der Waals surface area contributed by atoms with E-state index in [4.69, 9.17) is 0 Å². The van der Waals surface area contributed by atoms with E-state index in [1.165, 1.54) is 11.1 Å². The van der Waals surface area contributed by atoms with Crippen molar-refractivity contribution in [2.24, 2.45) is 0 Å². The third kappa shape index (κ3) is 4.44. The molecule has 1 aromatic heterocycles. The molecule has 1 atom stereocenters. The van der Waals surface area contributed by atoms with Crippen LogP contribution >= 0.6 is 0 Å². The minimum absolute atomic E-state index is 0.0551. The Morgan fingerprint density at radius 2 is 1.83 bits per heavy atom. The number of amides is 1. The van der Waals surface area contributed by atoms with Gasteiger partial charge >= 0.3 is 0 Å². The van der Waals surface area contributed by atoms with E-state index in [0.717, 1.165) is 30.5 Å². The fourth-order valence-corrected chi connectivity index (χ4v) is 4.29. The molecule has 6 nitrogen and oxygen atoms in total. The Morgan fingerprint density at radius 1 is 1.10 bits per heavy atom. The van der Waals surface area contributed by atoms with Gasteiger partial charge < -0.3 is 5.32 Å². The van der Waals surface area contributed by atoms with Crippen molar-refractivity contribution in [3.8, 4) is 0 Å². The Hall–Kier alpha value is -2.99. The van der Waals surface area contributed by atoms with Crippen LogP contribution in [0, 0.1) is 0 Å². The fourth-order valence-electron chi connectivity index (χ4n) is 4.29. The lowest BCUT2D eigenvalue weighted by molar-refractivity contribution is -0.120. The highest BCUT2D eigenvalue weighted by Crippen LogP contribution is 2.17. The SMILES string of the molecule is CCN1CCC[C@H]1CNC(=O)Cc1nn(Cc2ccccc2)c(=O)c2ccccc12. The Labute approximate surface area is 176 Å². The van der Waals surface area contributed by atoms with Gasteiger partial charge in [0.15, 0.2) is 0 Å². The number of nitrogens with one attached hydrogen (secondary N) is 1. The van der Waals surface area contributed by atoms with E-state index in [2.05, 4.69) is 22.2 Å². The smallest absolute Gasteiger partial charge is 0.274 e. The first-order valence-electron chi connectivity index (χ1n) is 10.7. The summed E-state index contributed by atoms with van der Waals surface area (Å²) in [4.78, 5) is 28.1. The summed E-state index contributed by atoms with van der Waals surface area (Å²) in [6.45, 7) is 5.32. The zero-order valence-electron chi connectivity index (χ0n) is 17.4. The Balaban J connectivity index is 1.56. The van der Waals surface area contributed by atoms with Crippen LogP contribution in [0.5, 0.6) is 0 Å². The van der Waals surface area contributed by atoms with E-state index >= 15 is 0 Å². The summed E-state index contributed by atoms with van der Waals surface area (Å²) in [5.74, 6) is -0.0551. The number of benzene rings is 2. The maximum absolute atomic E-state index is 12.9. The van der Waals surface area contributed by atoms with Gasteiger partial charge in [-0.1, -0.05) is 55.5 Å². The summed E-state index contributed by atoms with van der Waals surface area (Å²) in [5.41, 5.74) is 1.50. The Bertz CT molecular complexity index is 1080. The second-order valence-electron chi connectivity index (χ2n) is 7.85. The molecule has 1 N–H and O–H groups in total. The molecule has 1 saturated heterocycles. The molecule has 156 valence electrons. The summed E-state index contributed by atoms with van der Waals surface area (Å²) < 4.78 is 1.47. The molecule has 1 amide bonds. The highest BCUT2D eigenvalue weighted by molar-refractivity contribution is 5.88. The van der Waals surface area contributed by atoms with Crippen LogP contribution in [0.1, 0.15) is 31.0 Å². The molecule has 1 fully saturated rings. The van der Waals surface area contributed by atoms with Gasteiger partial charge in [-0.15, -0.1) is 0 Å². The number of likely N-dealkylation sites (N-methyl/N-ethyl adjacent to an activating group) is 1. The molecule has 1 aliphatic heterocycles. The van der Waals surface area contributed by atoms with Gasteiger partial charge in [0.25, 0.3) is 5.56 Å². The highest BCUT2D eigenvalue weighted by atomic mass is 16.1. The number of nitrogens with zero attached hydrogens (tertiary/aromatic N) is 3. The van der Waals surface area contributed by atoms with Crippen LogP contribution in [0.4, 0.5) is 0 Å². The predicted molar refractivity (Wildman–Crippen MR) is 119 cm³/mol. The van der Waals surface area contributed by atoms with Crippen LogP contribution in [0.25, 0.3) is 10.8 Å². The summed E-state index contributed by atoms with van der Waals surface area (Å²) in [6.07, 6.45) is 2.47. The molecule has 6 heteroatoms. The first kappa shape index (κ1) is 20.3. The average molecular weight is 405 g/mol. The van der Waals surface area contributed by atoms with Crippen LogP contribution in [-0.2, 0) is 17.8 Å². The third-order valence-electron chi connectivity index (χ3n) is 5.89. The van der Waals surface area contributed by atoms with E-state index in [9.17, 15) is 9.59 Å². The van der Waals surface area contributed by atoms with Gasteiger partial charge in [0.05, 0.1) is 24.0 Å². The number of hydrogen-bond donors (Lipinski definition) is 1. The molecule has 0 spiro atoms. The van der Waals surface area contributed by atoms with Crippen molar-refractivity contribution in [2.45, 2.75) is 38.8 Å². The van der Waals surface area contributed by atoms with E-state index in [-0.39, 0.29) is 17.9 Å². The lowest BCUT2D eigenvalue weighted by atomic mass is 10.1. The second-order valence-corrected chi connectivity index (χ2v) is 7.85. The van der Waals surface area contributed by atoms with Crippen LogP contribution in [0.2, 0.25) is 0 Å². The van der Waals surface area contributed by atoms with Crippen molar-refractivity contribution in [2.75, 3.05) is 19.6 Å². The molecule has 0 bridgehead atoms. The minimum atomic E-state index is -0.136. The first-order chi connectivity index (χ1) is 14.7. The van der Waals surface area contributed by atoms with Crippen LogP contribution in [-0.4, -0.2) is 46.3 Å². The van der Waals surface area contributed by atoms with Gasteiger partial charge in [-0.05, 0) is 37.6 Å². The van der Waals surface area contributed by atoms with Crippen molar-refractivity contribution in [1.29, 1.82) is 0 Å². The number of hydrogen-bond acceptors (Lipinski definition) is 4. The maximum Gasteiger partial charge on any atom is 0.274 e. The zero-order valence-corrected chi connectivity index (χ0v) is 17.4. The second kappa shape index (κ2) is 9.22. The molecular formula is C24H28N4O2. The standard InChI is InChI=1S/C24H28N4O2/c1-2-27-14-8-11-19(27)16-25-23(29)15-22-20-12-6-7-13-21(20)24(30)28(26-22)17-18-9-4-3-5-10-18/h3-7,9-10,12-13,19H,2,8,11,14-17H2,1H3,(H,25,29)/t19-/m0/s1. The van der Waals surface area contributed by atoms with E-state index in [1.54, 1.807) is 6.07 Å². The summed E-state index contributed by atoms with van der Waals surface area (Å²) in [5, 5.41) is 9.00. The molecule has 1 aliphatic rings. The van der Waals surface area contributed by atoms with Gasteiger partial charge in [-0.25, -0.2) is 4.68 Å². The normalized spacial score (nSPS) is 16.8. The molecule has 30 heavy (non-hydrogen) atoms. The van der Waals surface area contributed by atoms with Crippen LogP contribution in [0.3, 0.4) is 0 Å². The van der Waals surface area contributed by atoms with Crippen molar-refractivity contribution >= 4 is 16.7 Å². The number of rotatable bonds is 7. The largest absolute Gasteiger partial charge is 0.354 e. The van der Waals surface area contributed by atoms with Crippen molar-refractivity contribution in [1.82, 2.24) is 20.0 Å². The van der Waals surface area contributed by atoms with E-state index < -0.39 is 0 Å². The first-order valence-corrected chi connectivity index (χ1v) is 10.7. The van der Waals surface area contributed by atoms with Crippen LogP contribution in [0.15, 0.2) is 59.4 Å². The predicted octanol–water partition coefficient (Wildman–Crippen LogP) is 2.59. The molecular weight excluding hydrogens is 376 g/mol. The average Bonchev–Trinajstić information content (AvgIpc) is 3.24. The Morgan fingerprint density at radius 3 is 2.60 bits per heavy atom. The lowest BCUT2D eigenvalue weighted by Crippen LogP contribution is -2.40. The van der Waals surface area contributed by atoms with Gasteiger partial charge in [0.2, 0.25) is 5.91 Å². The number of carbonyl (C=O) groups excluding carboxylic acids is 1. The zero-order chi connectivity index (χ0) is 20.9. The summed E-state index contributed by atoms with van der Waals surface area (Å²) >= 11 is 0. The summed E-state index contributed by atoms with van der Waals surface area (Å²) in [7, 11) is 0. The van der Waals surface area contributed by atoms with E-state index in [1.807, 2.05) is 48.5 Å². The monoisotopic (exact) mass is 404 g/mol. The lowest BCUT2D eigenvalue weighted by Gasteiger charge is -2.22. The van der Waals surface area contributed by atoms with E-state index in [0.29, 0.717) is 30.2 Å². The number of carbonyl (C=O) groups is 1. The minimum Gasteiger partial charge on any atom is -0.354 e. The number of likely N-dealkylation sites (tertiary alicyclic amines) is 1.